The van der Waals surface area contributed by atoms with Gasteiger partial charge in [0, 0.05) is 24.2 Å². The molecule has 11 heteroatoms. The van der Waals surface area contributed by atoms with Crippen molar-refractivity contribution in [3.8, 4) is 47.3 Å². The van der Waals surface area contributed by atoms with E-state index in [1.165, 1.54) is 26.4 Å². The Hall–Kier alpha value is -5.13. The average Bonchev–Trinajstić information content (AvgIpc) is 2.98. The van der Waals surface area contributed by atoms with Crippen LogP contribution in [0.5, 0.6) is 23.0 Å². The summed E-state index contributed by atoms with van der Waals surface area (Å²) in [5.41, 5.74) is 0.434. The van der Waals surface area contributed by atoms with E-state index in [0.29, 0.717) is 0 Å². The van der Waals surface area contributed by atoms with E-state index in [9.17, 15) is 25.8 Å². The van der Waals surface area contributed by atoms with Crippen molar-refractivity contribution in [3.05, 3.63) is 34.4 Å². The second kappa shape index (κ2) is 14.7. The van der Waals surface area contributed by atoms with Gasteiger partial charge in [0.1, 0.15) is 35.4 Å². The first-order valence-corrected chi connectivity index (χ1v) is 12.8. The van der Waals surface area contributed by atoms with Crippen LogP contribution < -0.4 is 29.6 Å². The van der Waals surface area contributed by atoms with Crippen molar-refractivity contribution < 1.29 is 23.7 Å². The van der Waals surface area contributed by atoms with Crippen LogP contribution in [0.15, 0.2) is 12.1 Å². The highest BCUT2D eigenvalue weighted by Gasteiger charge is 2.28. The van der Waals surface area contributed by atoms with Crippen LogP contribution in [0.4, 0.5) is 16.2 Å². The molecule has 0 aliphatic carbocycles. The second-order valence-electron chi connectivity index (χ2n) is 8.63. The molecule has 0 fully saturated rings. The van der Waals surface area contributed by atoms with Crippen LogP contribution in [-0.4, -0.2) is 32.5 Å². The molecule has 2 aromatic rings. The number of nitrogens with one attached hydrogen (secondary N) is 2. The third-order valence-electron chi connectivity index (χ3n) is 6.43. The molecule has 0 saturated heterocycles. The predicted molar refractivity (Wildman–Crippen MR) is 147 cm³/mol. The highest BCUT2D eigenvalue weighted by molar-refractivity contribution is 5.81. The number of rotatable bonds is 12. The Labute approximate surface area is 234 Å². The van der Waals surface area contributed by atoms with Gasteiger partial charge in [-0.1, -0.05) is 27.7 Å². The average molecular weight is 545 g/mol. The number of hydrogen-bond acceptors (Lipinski definition) is 11. The van der Waals surface area contributed by atoms with E-state index in [1.54, 1.807) is 0 Å². The Balaban J connectivity index is 2.64. The first kappa shape index (κ1) is 31.1. The zero-order valence-corrected chi connectivity index (χ0v) is 23.5. The molecule has 2 rings (SSSR count). The smallest absolute Gasteiger partial charge is 0.493 e. The van der Waals surface area contributed by atoms with Gasteiger partial charge in [0.2, 0.25) is 0 Å². The highest BCUT2D eigenvalue weighted by Crippen LogP contribution is 2.42. The second-order valence-corrected chi connectivity index (χ2v) is 8.63. The Morgan fingerprint density at radius 2 is 1.05 bits per heavy atom. The standard InChI is InChI=1S/C29H32N6O5/c1-7-19(8-2)34-25-17(13-30)11-23(37-5)27(21(25)15-32)39-29(36)40-28-22(16-33)26(35-20(9-3)10-4)18(14-31)12-24(28)38-6/h11-12,19-20,34-35H,7-10H2,1-6H3. The third-order valence-corrected chi connectivity index (χ3v) is 6.43. The van der Waals surface area contributed by atoms with Crippen molar-refractivity contribution in [2.75, 3.05) is 24.9 Å². The number of nitriles is 4. The number of hydrogen-bond donors (Lipinski definition) is 2. The van der Waals surface area contributed by atoms with Crippen molar-refractivity contribution in [1.29, 1.82) is 21.0 Å². The monoisotopic (exact) mass is 544 g/mol. The largest absolute Gasteiger partial charge is 0.519 e. The lowest BCUT2D eigenvalue weighted by Gasteiger charge is -2.22. The molecule has 0 aliphatic heterocycles. The fraction of sp³-hybridized carbons (Fsp3) is 0.414. The molecule has 0 unspecified atom stereocenters. The quantitative estimate of drug-likeness (QED) is 0.238. The fourth-order valence-electron chi connectivity index (χ4n) is 4.06. The van der Waals surface area contributed by atoms with Gasteiger partial charge in [0.05, 0.1) is 36.7 Å². The van der Waals surface area contributed by atoms with Gasteiger partial charge in [-0.05, 0) is 25.7 Å². The minimum Gasteiger partial charge on any atom is -0.493 e. The summed E-state index contributed by atoms with van der Waals surface area (Å²) in [7, 11) is 2.61. The number of carbonyl (C=O) groups excluding carboxylic acids is 1. The summed E-state index contributed by atoms with van der Waals surface area (Å²) in [5, 5.41) is 45.8. The molecule has 11 nitrogen and oxygen atoms in total. The first-order valence-electron chi connectivity index (χ1n) is 12.8. The number of benzene rings is 2. The van der Waals surface area contributed by atoms with Crippen LogP contribution in [0.1, 0.15) is 75.6 Å². The molecule has 2 N–H and O–H groups in total. The van der Waals surface area contributed by atoms with E-state index in [1.807, 2.05) is 52.0 Å². The molecular formula is C29H32N6O5. The lowest BCUT2D eigenvalue weighted by atomic mass is 10.0. The van der Waals surface area contributed by atoms with Crippen molar-refractivity contribution in [3.63, 3.8) is 0 Å². The molecule has 0 aliphatic rings. The number of ether oxygens (including phenoxy) is 4. The van der Waals surface area contributed by atoms with Gasteiger partial charge in [0.25, 0.3) is 0 Å². The molecule has 0 saturated carbocycles. The van der Waals surface area contributed by atoms with Gasteiger partial charge in [-0.15, -0.1) is 0 Å². The van der Waals surface area contributed by atoms with Gasteiger partial charge in [-0.25, -0.2) is 4.79 Å². The summed E-state index contributed by atoms with van der Waals surface area (Å²) in [6.45, 7) is 7.84. The molecule has 0 spiro atoms. The fourth-order valence-corrected chi connectivity index (χ4v) is 4.06. The minimum absolute atomic E-state index is 0.0384. The lowest BCUT2D eigenvalue weighted by molar-refractivity contribution is 0.148. The zero-order chi connectivity index (χ0) is 29.8. The number of nitrogens with zero attached hydrogens (tertiary/aromatic N) is 4. The van der Waals surface area contributed by atoms with Gasteiger partial charge < -0.3 is 29.6 Å². The van der Waals surface area contributed by atoms with Crippen molar-refractivity contribution in [2.24, 2.45) is 0 Å². The molecule has 208 valence electrons. The molecule has 2 aromatic carbocycles. The van der Waals surface area contributed by atoms with Gasteiger partial charge in [0.15, 0.2) is 23.0 Å². The lowest BCUT2D eigenvalue weighted by Crippen LogP contribution is -2.21. The Bertz CT molecular complexity index is 1300. The molecule has 0 amide bonds. The maximum Gasteiger partial charge on any atom is 0.519 e. The van der Waals surface area contributed by atoms with E-state index in [0.717, 1.165) is 25.7 Å². The number of carbonyl (C=O) groups is 1. The summed E-state index contributed by atoms with van der Waals surface area (Å²) in [6.07, 6.45) is 1.59. The van der Waals surface area contributed by atoms with Crippen LogP contribution in [0.25, 0.3) is 0 Å². The molecular weight excluding hydrogens is 512 g/mol. The first-order chi connectivity index (χ1) is 19.3. The summed E-state index contributed by atoms with van der Waals surface area (Å²) in [4.78, 5) is 13.1. The number of methoxy groups -OCH3 is 2. The van der Waals surface area contributed by atoms with Crippen LogP contribution in [0.2, 0.25) is 0 Å². The third kappa shape index (κ3) is 6.65. The van der Waals surface area contributed by atoms with E-state index >= 15 is 0 Å². The van der Waals surface area contributed by atoms with Crippen LogP contribution in [0.3, 0.4) is 0 Å². The van der Waals surface area contributed by atoms with Crippen LogP contribution in [-0.2, 0) is 0 Å². The molecule has 0 aromatic heterocycles. The maximum atomic E-state index is 13.1. The molecule has 0 radical (unpaired) electrons. The highest BCUT2D eigenvalue weighted by atomic mass is 16.7. The Kier molecular flexibility index (Phi) is 11.4. The number of anilines is 2. The van der Waals surface area contributed by atoms with Gasteiger partial charge >= 0.3 is 6.16 Å². The zero-order valence-electron chi connectivity index (χ0n) is 23.5. The summed E-state index contributed by atoms with van der Waals surface area (Å²) < 4.78 is 21.6. The van der Waals surface area contributed by atoms with Crippen molar-refractivity contribution >= 4 is 17.5 Å². The molecule has 0 heterocycles. The predicted octanol–water partition coefficient (Wildman–Crippen LogP) is 5.97. The summed E-state index contributed by atoms with van der Waals surface area (Å²) in [5.74, 6) is -0.597. The van der Waals surface area contributed by atoms with E-state index in [2.05, 4.69) is 10.6 Å². The Morgan fingerprint density at radius 3 is 1.30 bits per heavy atom. The topological polar surface area (TPSA) is 173 Å². The molecule has 0 atom stereocenters. The molecule has 40 heavy (non-hydrogen) atoms. The normalized spacial score (nSPS) is 10.1. The van der Waals surface area contributed by atoms with E-state index in [-0.39, 0.29) is 68.7 Å². The van der Waals surface area contributed by atoms with Crippen LogP contribution >= 0.6 is 0 Å². The molecule has 0 bridgehead atoms. The Morgan fingerprint density at radius 1 is 0.700 bits per heavy atom. The van der Waals surface area contributed by atoms with Gasteiger partial charge in [-0.3, -0.25) is 0 Å². The maximum absolute atomic E-state index is 13.1. The van der Waals surface area contributed by atoms with E-state index < -0.39 is 6.16 Å². The van der Waals surface area contributed by atoms with Gasteiger partial charge in [-0.2, -0.15) is 21.0 Å². The van der Waals surface area contributed by atoms with Crippen molar-refractivity contribution in [2.45, 2.75) is 65.5 Å². The summed E-state index contributed by atoms with van der Waals surface area (Å²) in [6, 6.07) is 10.7. The minimum atomic E-state index is -1.29. The van der Waals surface area contributed by atoms with Crippen molar-refractivity contribution in [1.82, 2.24) is 0 Å². The van der Waals surface area contributed by atoms with E-state index in [4.69, 9.17) is 18.9 Å². The van der Waals surface area contributed by atoms with Crippen LogP contribution in [0, 0.1) is 45.3 Å². The summed E-state index contributed by atoms with van der Waals surface area (Å²) >= 11 is 0. The SMILES string of the molecule is CCC(CC)Nc1c(C#N)cc(OC)c(OC(=O)Oc2c(OC)cc(C#N)c(NC(CC)CC)c2C#N)c1C#N.